The molecule has 0 aromatic carbocycles. The molecule has 0 fully saturated rings. The number of hydrogen-bond acceptors (Lipinski definition) is 5. The molecule has 0 N–H and O–H groups in total. The summed E-state index contributed by atoms with van der Waals surface area (Å²) in [6.07, 6.45) is 4.92. The van der Waals surface area contributed by atoms with Crippen LogP contribution in [0.4, 0.5) is 0 Å². The van der Waals surface area contributed by atoms with Gasteiger partial charge in [-0.3, -0.25) is 4.68 Å². The van der Waals surface area contributed by atoms with E-state index in [1.807, 2.05) is 17.8 Å². The maximum absolute atomic E-state index is 12.8. The molecular weight excluding hydrogens is 318 g/mol. The number of methoxy groups -OCH3 is 1. The van der Waals surface area contributed by atoms with Gasteiger partial charge in [-0.05, 0) is 6.92 Å². The van der Waals surface area contributed by atoms with Crippen molar-refractivity contribution in [3.63, 3.8) is 0 Å². The van der Waals surface area contributed by atoms with Crippen LogP contribution in [-0.4, -0.2) is 52.3 Å². The van der Waals surface area contributed by atoms with Crippen molar-refractivity contribution in [1.82, 2.24) is 23.6 Å². The molecule has 2 aromatic heterocycles. The van der Waals surface area contributed by atoms with Gasteiger partial charge in [-0.1, -0.05) is 0 Å². The summed E-state index contributed by atoms with van der Waals surface area (Å²) in [4.78, 5) is 3.99. The Bertz CT molecular complexity index is 795. The second-order valence-corrected chi connectivity index (χ2v) is 7.61. The zero-order chi connectivity index (χ0) is 16.6. The van der Waals surface area contributed by atoms with E-state index in [2.05, 4.69) is 10.1 Å². The molecule has 126 valence electrons. The Morgan fingerprint density at radius 2 is 2.17 bits per heavy atom. The molecule has 0 aliphatic carbocycles. The molecule has 0 spiro atoms. The summed E-state index contributed by atoms with van der Waals surface area (Å²) in [6.45, 7) is 3.85. The smallest absolute Gasteiger partial charge is 0.262 e. The lowest BCUT2D eigenvalue weighted by Crippen LogP contribution is -2.39. The van der Waals surface area contributed by atoms with Crippen LogP contribution in [0.2, 0.25) is 0 Å². The fourth-order valence-corrected chi connectivity index (χ4v) is 4.29. The Kier molecular flexibility index (Phi) is 4.26. The lowest BCUT2D eigenvalue weighted by atomic mass is 9.99. The largest absolute Gasteiger partial charge is 0.384 e. The van der Waals surface area contributed by atoms with Gasteiger partial charge in [0.25, 0.3) is 10.0 Å². The highest BCUT2D eigenvalue weighted by Crippen LogP contribution is 2.30. The van der Waals surface area contributed by atoms with Crippen LogP contribution in [0.1, 0.15) is 24.1 Å². The summed E-state index contributed by atoms with van der Waals surface area (Å²) in [5.74, 6) is -0.0740. The Balaban J connectivity index is 1.96. The highest BCUT2D eigenvalue weighted by molar-refractivity contribution is 7.89. The predicted molar refractivity (Wildman–Crippen MR) is 83.3 cm³/mol. The highest BCUT2D eigenvalue weighted by atomic mass is 32.2. The number of sulfonamides is 1. The highest BCUT2D eigenvalue weighted by Gasteiger charge is 2.36. The van der Waals surface area contributed by atoms with E-state index in [0.29, 0.717) is 19.7 Å². The van der Waals surface area contributed by atoms with E-state index in [1.165, 1.54) is 16.8 Å². The minimum Gasteiger partial charge on any atom is -0.384 e. The van der Waals surface area contributed by atoms with E-state index in [4.69, 9.17) is 4.74 Å². The standard InChI is InChI=1S/C14H21N5O3S/c1-4-18-5-11-6-19(7-12(9-22-3)14(11)16-18)23(20,21)13-8-17(2)10-15-13/h5,8,10,12H,4,6-7,9H2,1-3H3. The van der Waals surface area contributed by atoms with E-state index in [1.54, 1.807) is 18.7 Å². The fraction of sp³-hybridized carbons (Fsp3) is 0.571. The van der Waals surface area contributed by atoms with Crippen molar-refractivity contribution in [2.45, 2.75) is 31.0 Å². The van der Waals surface area contributed by atoms with Gasteiger partial charge in [0.2, 0.25) is 0 Å². The third kappa shape index (κ3) is 2.91. The van der Waals surface area contributed by atoms with Gasteiger partial charge in [0.05, 0.1) is 18.6 Å². The summed E-state index contributed by atoms with van der Waals surface area (Å²) in [5, 5.41) is 4.63. The van der Waals surface area contributed by atoms with E-state index >= 15 is 0 Å². The van der Waals surface area contributed by atoms with Crippen LogP contribution < -0.4 is 0 Å². The molecule has 0 saturated carbocycles. The van der Waals surface area contributed by atoms with Gasteiger partial charge in [0, 0.05) is 57.7 Å². The minimum absolute atomic E-state index is 0.0718. The SMILES string of the molecule is CCn1cc2c(n1)C(COC)CN(S(=O)(=O)c1cn(C)cn1)C2. The number of aromatic nitrogens is 4. The van der Waals surface area contributed by atoms with Gasteiger partial charge in [0.1, 0.15) is 0 Å². The molecule has 23 heavy (non-hydrogen) atoms. The maximum Gasteiger partial charge on any atom is 0.262 e. The predicted octanol–water partition coefficient (Wildman–Crippen LogP) is 0.571. The number of aryl methyl sites for hydroxylation is 2. The molecule has 9 heteroatoms. The molecule has 0 saturated heterocycles. The topological polar surface area (TPSA) is 82.3 Å². The van der Waals surface area contributed by atoms with Crippen LogP contribution in [0.15, 0.2) is 23.7 Å². The number of hydrogen-bond donors (Lipinski definition) is 0. The molecule has 0 bridgehead atoms. The summed E-state index contributed by atoms with van der Waals surface area (Å²) in [6, 6.07) is 0. The molecule has 1 aliphatic rings. The van der Waals surface area contributed by atoms with Crippen LogP contribution >= 0.6 is 0 Å². The maximum atomic E-state index is 12.8. The summed E-state index contributed by atoms with van der Waals surface area (Å²) < 4.78 is 35.8. The number of rotatable bonds is 5. The van der Waals surface area contributed by atoms with Crippen molar-refractivity contribution >= 4 is 10.0 Å². The fourth-order valence-electron chi connectivity index (χ4n) is 2.86. The summed E-state index contributed by atoms with van der Waals surface area (Å²) in [7, 11) is -0.261. The van der Waals surface area contributed by atoms with Crippen molar-refractivity contribution in [3.8, 4) is 0 Å². The Labute approximate surface area is 135 Å². The first kappa shape index (κ1) is 16.2. The van der Waals surface area contributed by atoms with Gasteiger partial charge >= 0.3 is 0 Å². The van der Waals surface area contributed by atoms with Crippen LogP contribution in [0.25, 0.3) is 0 Å². The van der Waals surface area contributed by atoms with Crippen molar-refractivity contribution in [2.24, 2.45) is 7.05 Å². The van der Waals surface area contributed by atoms with Crippen molar-refractivity contribution in [2.75, 3.05) is 20.3 Å². The number of imidazole rings is 1. The Morgan fingerprint density at radius 3 is 2.78 bits per heavy atom. The first-order valence-electron chi connectivity index (χ1n) is 7.49. The summed E-state index contributed by atoms with van der Waals surface area (Å²) in [5.41, 5.74) is 1.86. The van der Waals surface area contributed by atoms with Gasteiger partial charge < -0.3 is 9.30 Å². The molecule has 3 rings (SSSR count). The monoisotopic (exact) mass is 339 g/mol. The summed E-state index contributed by atoms with van der Waals surface area (Å²) >= 11 is 0. The second kappa shape index (κ2) is 6.06. The molecule has 0 radical (unpaired) electrons. The van der Waals surface area contributed by atoms with Crippen LogP contribution in [0.5, 0.6) is 0 Å². The van der Waals surface area contributed by atoms with E-state index in [-0.39, 0.29) is 10.9 Å². The molecular formula is C14H21N5O3S. The average molecular weight is 339 g/mol. The molecule has 1 aliphatic heterocycles. The van der Waals surface area contributed by atoms with E-state index < -0.39 is 10.0 Å². The normalized spacial score (nSPS) is 19.0. The Morgan fingerprint density at radius 1 is 1.39 bits per heavy atom. The third-order valence-electron chi connectivity index (χ3n) is 4.00. The Hall–Kier alpha value is -1.71. The van der Waals surface area contributed by atoms with Crippen LogP contribution in [-0.2, 0) is 34.9 Å². The zero-order valence-electron chi connectivity index (χ0n) is 13.5. The first-order chi connectivity index (χ1) is 11.0. The van der Waals surface area contributed by atoms with Crippen molar-refractivity contribution in [1.29, 1.82) is 0 Å². The average Bonchev–Trinajstić information content (AvgIpc) is 3.13. The number of ether oxygens (including phenoxy) is 1. The lowest BCUT2D eigenvalue weighted by Gasteiger charge is -2.30. The van der Waals surface area contributed by atoms with Gasteiger partial charge in [-0.15, -0.1) is 0 Å². The van der Waals surface area contributed by atoms with Crippen LogP contribution in [0, 0.1) is 0 Å². The lowest BCUT2D eigenvalue weighted by molar-refractivity contribution is 0.161. The number of fused-ring (bicyclic) bond motifs is 1. The quantitative estimate of drug-likeness (QED) is 0.795. The molecule has 8 nitrogen and oxygen atoms in total. The van der Waals surface area contributed by atoms with E-state index in [0.717, 1.165) is 17.8 Å². The van der Waals surface area contributed by atoms with Crippen LogP contribution in [0.3, 0.4) is 0 Å². The third-order valence-corrected chi connectivity index (χ3v) is 5.70. The first-order valence-corrected chi connectivity index (χ1v) is 8.93. The second-order valence-electron chi connectivity index (χ2n) is 5.72. The van der Waals surface area contributed by atoms with E-state index in [9.17, 15) is 8.42 Å². The van der Waals surface area contributed by atoms with Crippen molar-refractivity contribution in [3.05, 3.63) is 30.0 Å². The number of nitrogens with zero attached hydrogens (tertiary/aromatic N) is 5. The molecule has 2 aromatic rings. The molecule has 1 unspecified atom stereocenters. The minimum atomic E-state index is -3.62. The van der Waals surface area contributed by atoms with Crippen molar-refractivity contribution < 1.29 is 13.2 Å². The zero-order valence-corrected chi connectivity index (χ0v) is 14.3. The molecule has 3 heterocycles. The van der Waals surface area contributed by atoms with Gasteiger partial charge in [-0.2, -0.15) is 9.40 Å². The molecule has 0 amide bonds. The van der Waals surface area contributed by atoms with Gasteiger partial charge in [0.15, 0.2) is 5.03 Å². The van der Waals surface area contributed by atoms with Gasteiger partial charge in [-0.25, -0.2) is 13.4 Å². The molecule has 1 atom stereocenters.